The summed E-state index contributed by atoms with van der Waals surface area (Å²) in [5.74, 6) is -1.25. The van der Waals surface area contributed by atoms with Crippen LogP contribution < -0.4 is 10.5 Å². The molecule has 1 aromatic heterocycles. The number of aromatic nitrogens is 3. The Bertz CT molecular complexity index is 1170. The van der Waals surface area contributed by atoms with Crippen LogP contribution in [-0.4, -0.2) is 33.4 Å². The number of hydrogen-bond donors (Lipinski definition) is 0. The predicted octanol–water partition coefficient (Wildman–Crippen LogP) is 1.96. The number of esters is 1. The van der Waals surface area contributed by atoms with Gasteiger partial charge in [-0.05, 0) is 43.2 Å². The quantitative estimate of drug-likeness (QED) is 0.630. The van der Waals surface area contributed by atoms with Crippen molar-refractivity contribution >= 4 is 28.5 Å². The summed E-state index contributed by atoms with van der Waals surface area (Å²) in [4.78, 5) is 39.0. The van der Waals surface area contributed by atoms with Crippen LogP contribution in [0, 0.1) is 19.8 Å². The van der Waals surface area contributed by atoms with E-state index in [4.69, 9.17) is 4.74 Å². The van der Waals surface area contributed by atoms with Gasteiger partial charge in [-0.2, -0.15) is 4.68 Å². The fourth-order valence-corrected chi connectivity index (χ4v) is 3.48. The van der Waals surface area contributed by atoms with Crippen LogP contribution >= 0.6 is 0 Å². The highest BCUT2D eigenvalue weighted by Crippen LogP contribution is 2.29. The van der Waals surface area contributed by atoms with Crippen LogP contribution in [0.5, 0.6) is 0 Å². The van der Waals surface area contributed by atoms with Crippen LogP contribution in [0.25, 0.3) is 10.9 Å². The summed E-state index contributed by atoms with van der Waals surface area (Å²) in [7, 11) is 0. The van der Waals surface area contributed by atoms with Crippen LogP contribution in [0.2, 0.25) is 0 Å². The second kappa shape index (κ2) is 7.46. The smallest absolute Gasteiger partial charge is 0.313 e. The van der Waals surface area contributed by atoms with Gasteiger partial charge in [-0.25, -0.2) is 0 Å². The van der Waals surface area contributed by atoms with Crippen LogP contribution in [0.15, 0.2) is 47.3 Å². The Balaban J connectivity index is 1.46. The second-order valence-electron chi connectivity index (χ2n) is 7.13. The van der Waals surface area contributed by atoms with Gasteiger partial charge in [0.1, 0.15) is 5.52 Å². The van der Waals surface area contributed by atoms with Gasteiger partial charge in [-0.1, -0.05) is 29.5 Å². The van der Waals surface area contributed by atoms with E-state index >= 15 is 0 Å². The topological polar surface area (TPSA) is 94.4 Å². The molecular weight excluding hydrogens is 372 g/mol. The molecule has 29 heavy (non-hydrogen) atoms. The minimum Gasteiger partial charge on any atom is -0.442 e. The van der Waals surface area contributed by atoms with Crippen molar-refractivity contribution in [2.24, 2.45) is 5.92 Å². The first kappa shape index (κ1) is 18.8. The minimum absolute atomic E-state index is 0.0739. The van der Waals surface area contributed by atoms with Crippen molar-refractivity contribution in [3.63, 3.8) is 0 Å². The third-order valence-corrected chi connectivity index (χ3v) is 5.28. The van der Waals surface area contributed by atoms with Gasteiger partial charge < -0.3 is 9.64 Å². The highest BCUT2D eigenvalue weighted by molar-refractivity contribution is 6.00. The number of rotatable bonds is 4. The summed E-state index contributed by atoms with van der Waals surface area (Å²) in [5.41, 5.74) is 2.99. The second-order valence-corrected chi connectivity index (χ2v) is 7.13. The molecule has 2 aromatic carbocycles. The van der Waals surface area contributed by atoms with Crippen molar-refractivity contribution < 1.29 is 14.3 Å². The molecule has 4 rings (SSSR count). The molecule has 1 fully saturated rings. The largest absolute Gasteiger partial charge is 0.442 e. The van der Waals surface area contributed by atoms with Gasteiger partial charge in [0.25, 0.3) is 5.56 Å². The molecule has 8 heteroatoms. The first-order valence-corrected chi connectivity index (χ1v) is 9.31. The van der Waals surface area contributed by atoms with E-state index < -0.39 is 11.9 Å². The van der Waals surface area contributed by atoms with Gasteiger partial charge in [0.15, 0.2) is 6.73 Å². The van der Waals surface area contributed by atoms with E-state index in [0.717, 1.165) is 21.5 Å². The number of ether oxygens (including phenoxy) is 1. The normalized spacial score (nSPS) is 16.4. The molecule has 1 aliphatic rings. The fraction of sp³-hybridized carbons (Fsp3) is 0.286. The highest BCUT2D eigenvalue weighted by Gasteiger charge is 2.36. The SMILES string of the molecule is Cc1cccc(N2C[C@@H](C(=O)OCn3nnc4ccccc4c3=O)CC2=O)c1C. The van der Waals surface area contributed by atoms with Crippen LogP contribution in [0.4, 0.5) is 5.69 Å². The molecule has 0 bridgehead atoms. The molecule has 1 aliphatic heterocycles. The summed E-state index contributed by atoms with van der Waals surface area (Å²) in [5, 5.41) is 8.16. The number of benzene rings is 2. The minimum atomic E-state index is -0.591. The predicted molar refractivity (Wildman–Crippen MR) is 106 cm³/mol. The van der Waals surface area contributed by atoms with Gasteiger partial charge in [0.05, 0.1) is 11.3 Å². The molecule has 0 unspecified atom stereocenters. The summed E-state index contributed by atoms with van der Waals surface area (Å²) in [6, 6.07) is 12.6. The molecule has 0 N–H and O–H groups in total. The maximum atomic E-state index is 12.5. The molecule has 1 saturated heterocycles. The van der Waals surface area contributed by atoms with Crippen molar-refractivity contribution in [2.45, 2.75) is 27.0 Å². The lowest BCUT2D eigenvalue weighted by molar-refractivity contribution is -0.152. The van der Waals surface area contributed by atoms with E-state index in [-0.39, 0.29) is 31.2 Å². The summed E-state index contributed by atoms with van der Waals surface area (Å²) in [6.45, 7) is 3.84. The summed E-state index contributed by atoms with van der Waals surface area (Å²) >= 11 is 0. The zero-order chi connectivity index (χ0) is 20.5. The van der Waals surface area contributed by atoms with Gasteiger partial charge in [0.2, 0.25) is 5.91 Å². The lowest BCUT2D eigenvalue weighted by atomic mass is 10.1. The average molecular weight is 392 g/mol. The number of carbonyl (C=O) groups is 2. The van der Waals surface area contributed by atoms with Gasteiger partial charge in [-0.15, -0.1) is 5.10 Å². The van der Waals surface area contributed by atoms with E-state index in [1.165, 1.54) is 0 Å². The average Bonchev–Trinajstić information content (AvgIpc) is 3.11. The van der Waals surface area contributed by atoms with E-state index in [2.05, 4.69) is 10.3 Å². The fourth-order valence-electron chi connectivity index (χ4n) is 3.48. The molecular formula is C21H20N4O4. The standard InChI is InChI=1S/C21H20N4O4/c1-13-6-5-9-18(14(13)2)24-11-15(10-19(24)26)21(28)29-12-25-20(27)16-7-3-4-8-17(16)22-23-25/h3-9,15H,10-12H2,1-2H3/t15-/m0/s1. The van der Waals surface area contributed by atoms with Crippen molar-refractivity contribution in [3.05, 3.63) is 63.9 Å². The number of nitrogens with zero attached hydrogens (tertiary/aromatic N) is 4. The van der Waals surface area contributed by atoms with E-state index in [0.29, 0.717) is 10.9 Å². The van der Waals surface area contributed by atoms with E-state index in [1.54, 1.807) is 29.2 Å². The van der Waals surface area contributed by atoms with Gasteiger partial charge in [-0.3, -0.25) is 14.4 Å². The van der Waals surface area contributed by atoms with E-state index in [1.807, 2.05) is 32.0 Å². The molecule has 1 atom stereocenters. The lowest BCUT2D eigenvalue weighted by Crippen LogP contribution is -2.30. The van der Waals surface area contributed by atoms with Crippen LogP contribution in [-0.2, 0) is 21.1 Å². The molecule has 0 radical (unpaired) electrons. The Morgan fingerprint density at radius 3 is 2.76 bits per heavy atom. The molecule has 0 aliphatic carbocycles. The molecule has 2 heterocycles. The third kappa shape index (κ3) is 3.49. The van der Waals surface area contributed by atoms with Crippen molar-refractivity contribution in [3.8, 4) is 0 Å². The molecule has 8 nitrogen and oxygen atoms in total. The molecule has 1 amide bonds. The first-order valence-electron chi connectivity index (χ1n) is 9.31. The van der Waals surface area contributed by atoms with Crippen molar-refractivity contribution in [1.29, 1.82) is 0 Å². The number of hydrogen-bond acceptors (Lipinski definition) is 6. The van der Waals surface area contributed by atoms with Gasteiger partial charge >= 0.3 is 5.97 Å². The summed E-state index contributed by atoms with van der Waals surface area (Å²) < 4.78 is 6.27. The van der Waals surface area contributed by atoms with Crippen LogP contribution in [0.3, 0.4) is 0 Å². The molecule has 148 valence electrons. The third-order valence-electron chi connectivity index (χ3n) is 5.28. The van der Waals surface area contributed by atoms with E-state index in [9.17, 15) is 14.4 Å². The highest BCUT2D eigenvalue weighted by atomic mass is 16.5. The zero-order valence-electron chi connectivity index (χ0n) is 16.2. The van der Waals surface area contributed by atoms with Crippen molar-refractivity contribution in [2.75, 3.05) is 11.4 Å². The molecule has 3 aromatic rings. The lowest BCUT2D eigenvalue weighted by Gasteiger charge is -2.20. The number of aryl methyl sites for hydroxylation is 1. The summed E-state index contributed by atoms with van der Waals surface area (Å²) in [6.07, 6.45) is 0.0739. The van der Waals surface area contributed by atoms with Gasteiger partial charge in [0, 0.05) is 18.7 Å². The van der Waals surface area contributed by atoms with Crippen molar-refractivity contribution in [1.82, 2.24) is 15.0 Å². The zero-order valence-corrected chi connectivity index (χ0v) is 16.2. The number of amides is 1. The first-order chi connectivity index (χ1) is 14.0. The van der Waals surface area contributed by atoms with Crippen LogP contribution in [0.1, 0.15) is 17.5 Å². The molecule has 0 spiro atoms. The maximum Gasteiger partial charge on any atom is 0.313 e. The number of anilines is 1. The maximum absolute atomic E-state index is 12.5. The molecule has 0 saturated carbocycles. The Hall–Kier alpha value is -3.55. The Labute approximate surface area is 166 Å². The Kier molecular flexibility index (Phi) is 4.84. The monoisotopic (exact) mass is 392 g/mol. The number of fused-ring (bicyclic) bond motifs is 1. The Morgan fingerprint density at radius 1 is 1.14 bits per heavy atom. The number of carbonyl (C=O) groups excluding carboxylic acids is 2. The Morgan fingerprint density at radius 2 is 1.93 bits per heavy atom.